The third-order valence-electron chi connectivity index (χ3n) is 6.97. The molecule has 2 heterocycles. The number of piperidine rings is 1. The number of nitrogens with zero attached hydrogens (tertiary/aromatic N) is 2. The maximum absolute atomic E-state index is 13.4. The monoisotopic (exact) mass is 470 g/mol. The number of likely N-dealkylation sites (tertiary alicyclic amines) is 1. The first-order valence-corrected chi connectivity index (χ1v) is 12.5. The van der Waals surface area contributed by atoms with Gasteiger partial charge < -0.3 is 15.0 Å². The highest BCUT2D eigenvalue weighted by atomic mass is 16.5. The fourth-order valence-corrected chi connectivity index (χ4v) is 5.21. The van der Waals surface area contributed by atoms with Gasteiger partial charge in [0.1, 0.15) is 0 Å². The van der Waals surface area contributed by atoms with Crippen LogP contribution in [0.5, 0.6) is 0 Å². The van der Waals surface area contributed by atoms with Crippen molar-refractivity contribution >= 4 is 22.4 Å². The number of fused-ring (bicyclic) bond motifs is 1. The van der Waals surface area contributed by atoms with Crippen molar-refractivity contribution in [1.82, 2.24) is 20.4 Å². The predicted molar refractivity (Wildman–Crippen MR) is 140 cm³/mol. The van der Waals surface area contributed by atoms with Crippen LogP contribution in [0.25, 0.3) is 16.5 Å². The van der Waals surface area contributed by atoms with Gasteiger partial charge in [0.25, 0.3) is 5.91 Å². The van der Waals surface area contributed by atoms with Gasteiger partial charge in [0, 0.05) is 29.5 Å². The molecule has 182 valence electrons. The molecule has 1 amide bonds. The Hall–Kier alpha value is -3.22. The SMILES string of the molecule is CC(C)OC1C=CC(c2n[nH]c3ccc(C(=O)N[C@@H]4CN(C)CC[C@H]4c4ccccc4)cc23)=CC1. The van der Waals surface area contributed by atoms with Crippen LogP contribution >= 0.6 is 0 Å². The number of allylic oxidation sites excluding steroid dienone is 2. The lowest BCUT2D eigenvalue weighted by atomic mass is 9.85. The van der Waals surface area contributed by atoms with Gasteiger partial charge in [-0.25, -0.2) is 0 Å². The molecule has 2 aliphatic rings. The highest BCUT2D eigenvalue weighted by Crippen LogP contribution is 2.30. The number of amides is 1. The number of carbonyl (C=O) groups is 1. The summed E-state index contributed by atoms with van der Waals surface area (Å²) >= 11 is 0. The molecule has 6 nitrogen and oxygen atoms in total. The lowest BCUT2D eigenvalue weighted by Crippen LogP contribution is -2.50. The molecule has 1 aliphatic carbocycles. The molecule has 1 fully saturated rings. The summed E-state index contributed by atoms with van der Waals surface area (Å²) < 4.78 is 5.90. The Morgan fingerprint density at radius 2 is 2.03 bits per heavy atom. The van der Waals surface area contributed by atoms with Crippen LogP contribution in [0, 0.1) is 0 Å². The number of aromatic amines is 1. The van der Waals surface area contributed by atoms with Crippen LogP contribution in [0.4, 0.5) is 0 Å². The Balaban J connectivity index is 1.36. The van der Waals surface area contributed by atoms with Gasteiger partial charge >= 0.3 is 0 Å². The number of hydrogen-bond acceptors (Lipinski definition) is 4. The molecule has 5 rings (SSSR count). The van der Waals surface area contributed by atoms with E-state index in [9.17, 15) is 4.79 Å². The molecule has 0 radical (unpaired) electrons. The largest absolute Gasteiger partial charge is 0.371 e. The summed E-state index contributed by atoms with van der Waals surface area (Å²) in [5.74, 6) is 0.266. The van der Waals surface area contributed by atoms with Gasteiger partial charge in [-0.05, 0) is 69.6 Å². The van der Waals surface area contributed by atoms with Gasteiger partial charge in [0.15, 0.2) is 0 Å². The van der Waals surface area contributed by atoms with E-state index in [2.05, 4.69) is 70.0 Å². The van der Waals surface area contributed by atoms with Gasteiger partial charge in [0.2, 0.25) is 0 Å². The first-order valence-electron chi connectivity index (χ1n) is 12.5. The summed E-state index contributed by atoms with van der Waals surface area (Å²) in [5, 5.41) is 12.0. The predicted octanol–water partition coefficient (Wildman–Crippen LogP) is 4.92. The molecule has 3 atom stereocenters. The van der Waals surface area contributed by atoms with E-state index in [-0.39, 0.29) is 24.2 Å². The zero-order valence-electron chi connectivity index (χ0n) is 20.7. The minimum absolute atomic E-state index is 0.0427. The maximum Gasteiger partial charge on any atom is 0.251 e. The highest BCUT2D eigenvalue weighted by molar-refractivity contribution is 6.01. The Morgan fingerprint density at radius 3 is 2.77 bits per heavy atom. The third kappa shape index (κ3) is 5.24. The molecular formula is C29H34N4O2. The maximum atomic E-state index is 13.4. The number of nitrogens with one attached hydrogen (secondary N) is 2. The Morgan fingerprint density at radius 1 is 1.20 bits per heavy atom. The molecule has 1 unspecified atom stereocenters. The van der Waals surface area contributed by atoms with Crippen LogP contribution in [0.15, 0.2) is 66.8 Å². The summed E-state index contributed by atoms with van der Waals surface area (Å²) in [4.78, 5) is 15.7. The van der Waals surface area contributed by atoms with E-state index in [1.807, 2.05) is 38.1 Å². The fourth-order valence-electron chi connectivity index (χ4n) is 5.21. The van der Waals surface area contributed by atoms with Gasteiger partial charge in [-0.15, -0.1) is 0 Å². The zero-order chi connectivity index (χ0) is 24.4. The van der Waals surface area contributed by atoms with Crippen molar-refractivity contribution < 1.29 is 9.53 Å². The molecule has 1 aromatic heterocycles. The lowest BCUT2D eigenvalue weighted by molar-refractivity contribution is 0.0370. The van der Waals surface area contributed by atoms with E-state index in [1.54, 1.807) is 0 Å². The minimum Gasteiger partial charge on any atom is -0.371 e. The molecule has 2 N–H and O–H groups in total. The highest BCUT2D eigenvalue weighted by Gasteiger charge is 2.30. The molecule has 3 aromatic rings. The standard InChI is InChI=1S/C29H34N4O2/c1-19(2)35-23-12-9-21(10-13-23)28-25-17-22(11-14-26(25)31-32-28)29(34)30-27-18-33(3)16-15-24(27)20-7-5-4-6-8-20/h4-12,14,17,19,23-24,27H,13,15-16,18H2,1-3H3,(H,30,34)(H,31,32)/t23?,24-,27+/m0/s1. The first kappa shape index (κ1) is 23.5. The van der Waals surface area contributed by atoms with Crippen molar-refractivity contribution in [3.8, 4) is 0 Å². The van der Waals surface area contributed by atoms with Crippen LogP contribution in [-0.4, -0.2) is 59.4 Å². The van der Waals surface area contributed by atoms with Crippen molar-refractivity contribution in [2.24, 2.45) is 0 Å². The van der Waals surface area contributed by atoms with Crippen molar-refractivity contribution in [3.63, 3.8) is 0 Å². The van der Waals surface area contributed by atoms with Crippen molar-refractivity contribution in [1.29, 1.82) is 0 Å². The van der Waals surface area contributed by atoms with Crippen molar-refractivity contribution in [3.05, 3.63) is 83.6 Å². The van der Waals surface area contributed by atoms with Gasteiger partial charge in [-0.1, -0.05) is 48.6 Å². The number of likely N-dealkylation sites (N-methyl/N-ethyl adjacent to an activating group) is 1. The van der Waals surface area contributed by atoms with Gasteiger partial charge in [-0.2, -0.15) is 5.10 Å². The van der Waals surface area contributed by atoms with E-state index < -0.39 is 0 Å². The first-order chi connectivity index (χ1) is 17.0. The van der Waals surface area contributed by atoms with E-state index in [1.165, 1.54) is 5.56 Å². The third-order valence-corrected chi connectivity index (χ3v) is 6.97. The number of hydrogen-bond donors (Lipinski definition) is 2. The Labute approximate surface area is 207 Å². The van der Waals surface area contributed by atoms with E-state index in [4.69, 9.17) is 4.74 Å². The van der Waals surface area contributed by atoms with Crippen LogP contribution in [0.3, 0.4) is 0 Å². The average molecular weight is 471 g/mol. The molecule has 1 saturated heterocycles. The Kier molecular flexibility index (Phi) is 6.84. The molecular weight excluding hydrogens is 436 g/mol. The summed E-state index contributed by atoms with van der Waals surface area (Å²) in [6.07, 6.45) is 8.45. The number of ether oxygens (including phenoxy) is 1. The average Bonchev–Trinajstić information content (AvgIpc) is 3.28. The summed E-state index contributed by atoms with van der Waals surface area (Å²) in [6, 6.07) is 16.4. The Bertz CT molecular complexity index is 1240. The van der Waals surface area contributed by atoms with Gasteiger partial charge in [-0.3, -0.25) is 9.89 Å². The molecule has 0 spiro atoms. The van der Waals surface area contributed by atoms with Crippen LogP contribution in [-0.2, 0) is 4.74 Å². The number of H-pyrrole nitrogens is 1. The molecule has 35 heavy (non-hydrogen) atoms. The van der Waals surface area contributed by atoms with E-state index >= 15 is 0 Å². The molecule has 0 saturated carbocycles. The van der Waals surface area contributed by atoms with Crippen molar-refractivity contribution in [2.75, 3.05) is 20.1 Å². The van der Waals surface area contributed by atoms with Gasteiger partial charge in [0.05, 0.1) is 23.4 Å². The molecule has 1 aliphatic heterocycles. The van der Waals surface area contributed by atoms with Crippen LogP contribution in [0.2, 0.25) is 0 Å². The smallest absolute Gasteiger partial charge is 0.251 e. The number of benzene rings is 2. The quantitative estimate of drug-likeness (QED) is 0.537. The summed E-state index contributed by atoms with van der Waals surface area (Å²) in [6.45, 7) is 5.96. The molecule has 6 heteroatoms. The normalized spacial score (nSPS) is 23.0. The fraction of sp³-hybridized carbons (Fsp3) is 0.379. The second-order valence-corrected chi connectivity index (χ2v) is 9.96. The molecule has 0 bridgehead atoms. The lowest BCUT2D eigenvalue weighted by Gasteiger charge is -2.37. The van der Waals surface area contributed by atoms with Crippen LogP contribution in [0.1, 0.15) is 54.2 Å². The zero-order valence-corrected chi connectivity index (χ0v) is 20.7. The number of rotatable bonds is 6. The minimum atomic E-state index is -0.0427. The second kappa shape index (κ2) is 10.2. The van der Waals surface area contributed by atoms with Crippen molar-refractivity contribution in [2.45, 2.75) is 50.9 Å². The van der Waals surface area contributed by atoms with Crippen LogP contribution < -0.4 is 5.32 Å². The second-order valence-electron chi connectivity index (χ2n) is 9.96. The summed E-state index contributed by atoms with van der Waals surface area (Å²) in [7, 11) is 2.12. The number of carbonyl (C=O) groups excluding carboxylic acids is 1. The van der Waals surface area contributed by atoms with E-state index in [0.29, 0.717) is 11.5 Å². The summed E-state index contributed by atoms with van der Waals surface area (Å²) in [5.41, 5.74) is 4.78. The van der Waals surface area contributed by atoms with E-state index in [0.717, 1.165) is 48.1 Å². The number of aromatic nitrogens is 2. The molecule has 2 aromatic carbocycles. The topological polar surface area (TPSA) is 70.2 Å².